The van der Waals surface area contributed by atoms with Crippen molar-refractivity contribution in [1.82, 2.24) is 4.90 Å². The molecule has 122 valence electrons. The lowest BCUT2D eigenvalue weighted by Gasteiger charge is -2.32. The molecule has 0 aliphatic carbocycles. The predicted octanol–water partition coefficient (Wildman–Crippen LogP) is 2.20. The minimum absolute atomic E-state index is 0.120. The summed E-state index contributed by atoms with van der Waals surface area (Å²) < 4.78 is 11.5. The van der Waals surface area contributed by atoms with E-state index in [2.05, 4.69) is 17.0 Å². The number of nitrogens with zero attached hydrogens (tertiary/aromatic N) is 1. The second-order valence-electron chi connectivity index (χ2n) is 6.51. The highest BCUT2D eigenvalue weighted by Gasteiger charge is 2.22. The number of benzene rings is 1. The number of hydrogen-bond donors (Lipinski definition) is 1. The van der Waals surface area contributed by atoms with Gasteiger partial charge in [0.05, 0.1) is 25.9 Å². The third-order valence-corrected chi connectivity index (χ3v) is 4.74. The van der Waals surface area contributed by atoms with Crippen LogP contribution in [0.25, 0.3) is 0 Å². The molecule has 0 spiro atoms. The van der Waals surface area contributed by atoms with E-state index in [1.807, 2.05) is 12.1 Å². The Bertz CT molecular complexity index is 434. The number of aliphatic hydroxyl groups excluding tert-OH is 1. The van der Waals surface area contributed by atoms with Crippen LogP contribution in [0, 0.1) is 5.92 Å². The van der Waals surface area contributed by atoms with Gasteiger partial charge in [0.25, 0.3) is 0 Å². The van der Waals surface area contributed by atoms with Crippen LogP contribution in [-0.4, -0.2) is 49.0 Å². The van der Waals surface area contributed by atoms with Gasteiger partial charge in [0.1, 0.15) is 0 Å². The highest BCUT2D eigenvalue weighted by molar-refractivity contribution is 5.21. The molecule has 0 bridgehead atoms. The molecule has 0 saturated carbocycles. The molecule has 4 nitrogen and oxygen atoms in total. The summed E-state index contributed by atoms with van der Waals surface area (Å²) in [4.78, 5) is 2.49. The van der Waals surface area contributed by atoms with E-state index in [4.69, 9.17) is 14.6 Å². The van der Waals surface area contributed by atoms with Gasteiger partial charge < -0.3 is 14.6 Å². The molecule has 1 unspecified atom stereocenters. The van der Waals surface area contributed by atoms with Gasteiger partial charge in [-0.05, 0) is 30.4 Å². The van der Waals surface area contributed by atoms with Crippen LogP contribution in [-0.2, 0) is 22.6 Å². The van der Waals surface area contributed by atoms with E-state index >= 15 is 0 Å². The van der Waals surface area contributed by atoms with Gasteiger partial charge in [0.2, 0.25) is 0 Å². The van der Waals surface area contributed by atoms with E-state index in [-0.39, 0.29) is 6.61 Å². The Kier molecular flexibility index (Phi) is 5.84. The van der Waals surface area contributed by atoms with Crippen molar-refractivity contribution < 1.29 is 14.6 Å². The summed E-state index contributed by atoms with van der Waals surface area (Å²) in [5.41, 5.74) is 2.30. The minimum atomic E-state index is 0.120. The maximum atomic E-state index is 9.08. The average molecular weight is 305 g/mol. The van der Waals surface area contributed by atoms with Crippen LogP contribution < -0.4 is 0 Å². The fourth-order valence-electron chi connectivity index (χ4n) is 3.23. The molecule has 2 heterocycles. The van der Waals surface area contributed by atoms with Gasteiger partial charge in [-0.3, -0.25) is 4.90 Å². The first-order valence-electron chi connectivity index (χ1n) is 8.44. The first kappa shape index (κ1) is 15.9. The Balaban J connectivity index is 1.37. The van der Waals surface area contributed by atoms with Gasteiger partial charge in [-0.1, -0.05) is 24.3 Å². The van der Waals surface area contributed by atoms with Gasteiger partial charge in [-0.2, -0.15) is 0 Å². The molecule has 22 heavy (non-hydrogen) atoms. The van der Waals surface area contributed by atoms with Crippen LogP contribution in [0.15, 0.2) is 24.3 Å². The quantitative estimate of drug-likeness (QED) is 0.875. The number of piperidine rings is 1. The summed E-state index contributed by atoms with van der Waals surface area (Å²) in [6, 6.07) is 8.26. The number of hydrogen-bond acceptors (Lipinski definition) is 4. The lowest BCUT2D eigenvalue weighted by atomic mass is 10.1. The van der Waals surface area contributed by atoms with Crippen LogP contribution >= 0.6 is 0 Å². The van der Waals surface area contributed by atoms with Crippen LogP contribution in [0.2, 0.25) is 0 Å². The zero-order valence-electron chi connectivity index (χ0n) is 13.2. The SMILES string of the molecule is OCc1ccc(CN2CCC(OCC3CCOC3)CC2)cc1. The van der Waals surface area contributed by atoms with Crippen molar-refractivity contribution in [3.63, 3.8) is 0 Å². The second kappa shape index (κ2) is 8.06. The first-order valence-corrected chi connectivity index (χ1v) is 8.44. The molecule has 3 rings (SSSR count). The lowest BCUT2D eigenvalue weighted by molar-refractivity contribution is -0.0116. The maximum absolute atomic E-state index is 9.08. The Labute approximate surface area is 133 Å². The maximum Gasteiger partial charge on any atom is 0.0681 e. The van der Waals surface area contributed by atoms with Crippen molar-refractivity contribution >= 4 is 0 Å². The normalized spacial score (nSPS) is 24.0. The van der Waals surface area contributed by atoms with Crippen molar-refractivity contribution in [2.24, 2.45) is 5.92 Å². The van der Waals surface area contributed by atoms with Crippen LogP contribution in [0.3, 0.4) is 0 Å². The summed E-state index contributed by atoms with van der Waals surface area (Å²) in [5.74, 6) is 0.614. The van der Waals surface area contributed by atoms with Crippen LogP contribution in [0.5, 0.6) is 0 Å². The highest BCUT2D eigenvalue weighted by Crippen LogP contribution is 2.19. The molecule has 0 amide bonds. The fraction of sp³-hybridized carbons (Fsp3) is 0.667. The van der Waals surface area contributed by atoms with Gasteiger partial charge in [-0.15, -0.1) is 0 Å². The molecular formula is C18H27NO3. The fourth-order valence-corrected chi connectivity index (χ4v) is 3.23. The van der Waals surface area contributed by atoms with Crippen molar-refractivity contribution in [2.45, 2.75) is 38.5 Å². The third kappa shape index (κ3) is 4.53. The van der Waals surface area contributed by atoms with Crippen molar-refractivity contribution in [1.29, 1.82) is 0 Å². The standard InChI is InChI=1S/C18H27NO3/c20-12-16-3-1-15(2-4-16)11-19-8-5-18(6-9-19)22-14-17-7-10-21-13-17/h1-4,17-18,20H,5-14H2. The van der Waals surface area contributed by atoms with Gasteiger partial charge in [-0.25, -0.2) is 0 Å². The summed E-state index contributed by atoms with van der Waals surface area (Å²) in [6.07, 6.45) is 3.83. The van der Waals surface area contributed by atoms with Crippen molar-refractivity contribution in [2.75, 3.05) is 32.9 Å². The highest BCUT2D eigenvalue weighted by atomic mass is 16.5. The molecule has 4 heteroatoms. The Morgan fingerprint density at radius 3 is 2.45 bits per heavy atom. The first-order chi connectivity index (χ1) is 10.8. The molecule has 2 aliphatic heterocycles. The number of aliphatic hydroxyl groups is 1. The second-order valence-corrected chi connectivity index (χ2v) is 6.51. The van der Waals surface area contributed by atoms with Crippen LogP contribution in [0.1, 0.15) is 30.4 Å². The molecule has 2 fully saturated rings. The van der Waals surface area contributed by atoms with Gasteiger partial charge in [0.15, 0.2) is 0 Å². The van der Waals surface area contributed by atoms with E-state index in [1.54, 1.807) is 0 Å². The van der Waals surface area contributed by atoms with Gasteiger partial charge >= 0.3 is 0 Å². The van der Waals surface area contributed by atoms with Gasteiger partial charge in [0, 0.05) is 32.2 Å². The number of rotatable bonds is 6. The van der Waals surface area contributed by atoms with E-state index in [9.17, 15) is 0 Å². The van der Waals surface area contributed by atoms with E-state index in [1.165, 1.54) is 5.56 Å². The van der Waals surface area contributed by atoms with E-state index < -0.39 is 0 Å². The summed E-state index contributed by atoms with van der Waals surface area (Å²) in [6.45, 7) is 5.97. The largest absolute Gasteiger partial charge is 0.392 e. The van der Waals surface area contributed by atoms with Crippen molar-refractivity contribution in [3.05, 3.63) is 35.4 Å². The minimum Gasteiger partial charge on any atom is -0.392 e. The lowest BCUT2D eigenvalue weighted by Crippen LogP contribution is -2.37. The summed E-state index contributed by atoms with van der Waals surface area (Å²) in [7, 11) is 0. The third-order valence-electron chi connectivity index (χ3n) is 4.74. The predicted molar refractivity (Wildman–Crippen MR) is 85.5 cm³/mol. The zero-order valence-corrected chi connectivity index (χ0v) is 13.2. The van der Waals surface area contributed by atoms with E-state index in [0.717, 1.165) is 64.3 Å². The molecule has 1 N–H and O–H groups in total. The van der Waals surface area contributed by atoms with Crippen molar-refractivity contribution in [3.8, 4) is 0 Å². The van der Waals surface area contributed by atoms with Crippen LogP contribution in [0.4, 0.5) is 0 Å². The smallest absolute Gasteiger partial charge is 0.0681 e. The molecule has 0 aromatic heterocycles. The Morgan fingerprint density at radius 2 is 1.82 bits per heavy atom. The molecule has 2 aliphatic rings. The number of likely N-dealkylation sites (tertiary alicyclic amines) is 1. The monoisotopic (exact) mass is 305 g/mol. The molecule has 1 aromatic carbocycles. The summed E-state index contributed by atoms with van der Waals surface area (Å²) in [5, 5.41) is 9.08. The molecular weight excluding hydrogens is 278 g/mol. The zero-order chi connectivity index (χ0) is 15.2. The molecule has 2 saturated heterocycles. The Morgan fingerprint density at radius 1 is 1.09 bits per heavy atom. The average Bonchev–Trinajstić information content (AvgIpc) is 3.08. The van der Waals surface area contributed by atoms with E-state index in [0.29, 0.717) is 12.0 Å². The number of ether oxygens (including phenoxy) is 2. The molecule has 1 aromatic rings. The Hall–Kier alpha value is -0.940. The molecule has 0 radical (unpaired) electrons. The topological polar surface area (TPSA) is 41.9 Å². The molecule has 1 atom stereocenters. The summed E-state index contributed by atoms with van der Waals surface area (Å²) >= 11 is 0.